The first kappa shape index (κ1) is 26.3. The van der Waals surface area contributed by atoms with E-state index < -0.39 is 15.6 Å². The molecule has 4 aromatic rings. The maximum absolute atomic E-state index is 12.9. The highest BCUT2D eigenvalue weighted by atomic mass is 32.2. The molecule has 0 unspecified atom stereocenters. The molecule has 16 heteroatoms. The van der Waals surface area contributed by atoms with Crippen molar-refractivity contribution in [3.63, 3.8) is 0 Å². The highest BCUT2D eigenvalue weighted by Gasteiger charge is 2.23. The third kappa shape index (κ3) is 4.92. The van der Waals surface area contributed by atoms with Gasteiger partial charge in [0.15, 0.2) is 21.4 Å². The van der Waals surface area contributed by atoms with Gasteiger partial charge in [0.1, 0.15) is 22.8 Å². The van der Waals surface area contributed by atoms with Gasteiger partial charge < -0.3 is 14.2 Å². The molecule has 0 amide bonds. The molecule has 0 radical (unpaired) electrons. The number of anilines is 1. The molecule has 0 spiro atoms. The van der Waals surface area contributed by atoms with Gasteiger partial charge in [-0.05, 0) is 6.08 Å². The molecule has 1 N–H and O–H groups in total. The summed E-state index contributed by atoms with van der Waals surface area (Å²) in [4.78, 5) is 28.6. The van der Waals surface area contributed by atoms with Gasteiger partial charge in [0.05, 0.1) is 50.4 Å². The van der Waals surface area contributed by atoms with Crippen LogP contribution < -0.4 is 24.5 Å². The number of nitriles is 1. The molecule has 0 saturated carbocycles. The molecular weight excluding hydrogens is 538 g/mol. The van der Waals surface area contributed by atoms with Gasteiger partial charge in [-0.15, -0.1) is 14.9 Å². The molecule has 0 aliphatic rings. The fourth-order valence-corrected chi connectivity index (χ4v) is 4.99. The van der Waals surface area contributed by atoms with Crippen LogP contribution in [0.15, 0.2) is 34.7 Å². The molecule has 1 aromatic carbocycles. The third-order valence-corrected chi connectivity index (χ3v) is 7.17. The predicted octanol–water partition coefficient (Wildman–Crippen LogP) is 1.98. The van der Waals surface area contributed by atoms with Gasteiger partial charge in [0, 0.05) is 19.1 Å². The van der Waals surface area contributed by atoms with Crippen molar-refractivity contribution < 1.29 is 27.4 Å². The molecule has 0 aliphatic carbocycles. The number of rotatable bonds is 9. The summed E-state index contributed by atoms with van der Waals surface area (Å²) in [5.74, 6) is 0.758. The Hall–Kier alpha value is -4.75. The molecule has 196 valence electrons. The Balaban J connectivity index is 1.71. The first-order chi connectivity index (χ1) is 18.1. The number of nitrogens with zero attached hydrogens (tertiary/aromatic N) is 6. The molecule has 0 atom stereocenters. The first-order valence-corrected chi connectivity index (χ1v) is 12.9. The minimum atomic E-state index is -4.10. The van der Waals surface area contributed by atoms with Crippen LogP contribution in [0.2, 0.25) is 0 Å². The predicted molar refractivity (Wildman–Crippen MR) is 137 cm³/mol. The number of methoxy groups -OCH3 is 3. The van der Waals surface area contributed by atoms with E-state index in [0.717, 1.165) is 21.3 Å². The number of fused-ring (bicyclic) bond motifs is 1. The second-order valence-electron chi connectivity index (χ2n) is 7.47. The van der Waals surface area contributed by atoms with Crippen molar-refractivity contribution in [2.75, 3.05) is 26.1 Å². The third-order valence-electron chi connectivity index (χ3n) is 5.11. The van der Waals surface area contributed by atoms with Gasteiger partial charge in [-0.25, -0.2) is 17.9 Å². The Morgan fingerprint density at radius 2 is 1.84 bits per heavy atom. The number of benzene rings is 1. The molecule has 14 nitrogen and oxygen atoms in total. The van der Waals surface area contributed by atoms with Crippen molar-refractivity contribution in [3.8, 4) is 34.0 Å². The Morgan fingerprint density at radius 1 is 1.16 bits per heavy atom. The minimum Gasteiger partial charge on any atom is -0.496 e. The highest BCUT2D eigenvalue weighted by Crippen LogP contribution is 2.35. The van der Waals surface area contributed by atoms with Crippen molar-refractivity contribution in [2.45, 2.75) is 6.92 Å². The Morgan fingerprint density at radius 3 is 2.39 bits per heavy atom. The van der Waals surface area contributed by atoms with E-state index in [4.69, 9.17) is 14.2 Å². The second kappa shape index (κ2) is 10.3. The number of ether oxygens (including phenoxy) is 3. The van der Waals surface area contributed by atoms with E-state index >= 15 is 0 Å². The SMILES string of the molecule is COc1cc(OC)c(C=CS(=O)(=O)Nc2cnc3c(-c4nnc(C(C)=O)s4)c(=O)n(C#N)n3c2)c(OC)c1. The van der Waals surface area contributed by atoms with Crippen LogP contribution in [-0.2, 0) is 10.0 Å². The highest BCUT2D eigenvalue weighted by molar-refractivity contribution is 7.95. The molecule has 0 bridgehead atoms. The van der Waals surface area contributed by atoms with Crippen LogP contribution in [-0.4, -0.2) is 59.9 Å². The summed E-state index contributed by atoms with van der Waals surface area (Å²) in [6.07, 6.45) is 5.39. The molecular formula is C22H19N7O7S2. The smallest absolute Gasteiger partial charge is 0.293 e. The van der Waals surface area contributed by atoms with E-state index in [-0.39, 0.29) is 32.7 Å². The van der Waals surface area contributed by atoms with E-state index in [1.807, 2.05) is 0 Å². The van der Waals surface area contributed by atoms with Gasteiger partial charge in [-0.3, -0.25) is 14.3 Å². The van der Waals surface area contributed by atoms with E-state index in [1.54, 1.807) is 18.3 Å². The van der Waals surface area contributed by atoms with Crippen LogP contribution in [0.25, 0.3) is 22.3 Å². The number of aromatic nitrogens is 5. The summed E-state index contributed by atoms with van der Waals surface area (Å²) in [6.45, 7) is 1.31. The fraction of sp³-hybridized carbons (Fsp3) is 0.182. The van der Waals surface area contributed by atoms with Crippen LogP contribution in [0.4, 0.5) is 5.69 Å². The van der Waals surface area contributed by atoms with E-state index in [2.05, 4.69) is 19.9 Å². The zero-order chi connectivity index (χ0) is 27.6. The summed E-state index contributed by atoms with van der Waals surface area (Å²) in [5, 5.41) is 18.2. The summed E-state index contributed by atoms with van der Waals surface area (Å²) in [6, 6.07) is 3.14. The Bertz CT molecular complexity index is 1770. The van der Waals surface area contributed by atoms with Crippen LogP contribution in [0.3, 0.4) is 0 Å². The summed E-state index contributed by atoms with van der Waals surface area (Å²) >= 11 is 0.877. The number of carbonyl (C=O) groups excluding carboxylic acids is 1. The molecule has 0 saturated heterocycles. The number of ketones is 1. The number of carbonyl (C=O) groups is 1. The first-order valence-electron chi connectivity index (χ1n) is 10.5. The quantitative estimate of drug-likeness (QED) is 0.297. The van der Waals surface area contributed by atoms with Crippen molar-refractivity contribution in [1.29, 1.82) is 5.26 Å². The lowest BCUT2D eigenvalue weighted by molar-refractivity contribution is 0.101. The largest absolute Gasteiger partial charge is 0.496 e. The van der Waals surface area contributed by atoms with E-state index in [1.165, 1.54) is 46.7 Å². The minimum absolute atomic E-state index is 0.0222. The summed E-state index contributed by atoms with van der Waals surface area (Å²) in [5.41, 5.74) is -0.475. The topological polar surface area (TPSA) is 180 Å². The zero-order valence-corrected chi connectivity index (χ0v) is 22.0. The number of Topliss-reactive ketones (excluding diaryl/α,β-unsaturated/α-hetero) is 1. The van der Waals surface area contributed by atoms with Gasteiger partial charge >= 0.3 is 0 Å². The molecule has 3 aromatic heterocycles. The molecule has 0 aliphatic heterocycles. The Kier molecular flexibility index (Phi) is 7.15. The monoisotopic (exact) mass is 557 g/mol. The lowest BCUT2D eigenvalue weighted by Gasteiger charge is -2.12. The van der Waals surface area contributed by atoms with Gasteiger partial charge in [0.25, 0.3) is 15.6 Å². The number of hydrogen-bond acceptors (Lipinski definition) is 12. The maximum Gasteiger partial charge on any atom is 0.293 e. The average molecular weight is 558 g/mol. The van der Waals surface area contributed by atoms with Crippen molar-refractivity contribution >= 4 is 44.6 Å². The summed E-state index contributed by atoms with van der Waals surface area (Å²) < 4.78 is 45.5. The summed E-state index contributed by atoms with van der Waals surface area (Å²) in [7, 11) is 0.206. The molecule has 3 heterocycles. The van der Waals surface area contributed by atoms with Crippen molar-refractivity contribution in [1.82, 2.24) is 24.4 Å². The standard InChI is InChI=1S/C22H19N7O7S2/c1-12(30)20-25-26-21(37-20)18-19-24-9-13(10-28(19)29(11-23)22(18)31)27-38(32,33)6-5-15-16(35-3)7-14(34-2)8-17(15)36-4/h5-10,27H,1-4H3. The van der Waals surface area contributed by atoms with Crippen LogP contribution in [0.5, 0.6) is 17.2 Å². The molecule has 4 rings (SSSR count). The van der Waals surface area contributed by atoms with Gasteiger partial charge in [0.2, 0.25) is 6.19 Å². The van der Waals surface area contributed by atoms with Crippen LogP contribution in [0.1, 0.15) is 22.3 Å². The second-order valence-corrected chi connectivity index (χ2v) is 10.0. The fourth-order valence-electron chi connectivity index (χ4n) is 3.40. The van der Waals surface area contributed by atoms with Gasteiger partial charge in [-0.2, -0.15) is 5.26 Å². The lowest BCUT2D eigenvalue weighted by Crippen LogP contribution is -2.16. The maximum atomic E-state index is 12.9. The number of sulfonamides is 1. The Labute approximate surface area is 219 Å². The normalized spacial score (nSPS) is 11.4. The molecule has 38 heavy (non-hydrogen) atoms. The van der Waals surface area contributed by atoms with E-state index in [9.17, 15) is 23.3 Å². The van der Waals surface area contributed by atoms with Crippen LogP contribution in [0, 0.1) is 11.5 Å². The van der Waals surface area contributed by atoms with E-state index in [0.29, 0.717) is 27.5 Å². The van der Waals surface area contributed by atoms with Gasteiger partial charge in [-0.1, -0.05) is 11.3 Å². The van der Waals surface area contributed by atoms with Crippen molar-refractivity contribution in [3.05, 3.63) is 50.9 Å². The molecule has 0 fully saturated rings. The number of hydrogen-bond donors (Lipinski definition) is 1. The average Bonchev–Trinajstić information content (AvgIpc) is 3.48. The van der Waals surface area contributed by atoms with Crippen molar-refractivity contribution in [2.24, 2.45) is 0 Å². The zero-order valence-electron chi connectivity index (χ0n) is 20.3. The number of nitrogens with one attached hydrogen (secondary N) is 1. The van der Waals surface area contributed by atoms with Crippen LogP contribution >= 0.6 is 11.3 Å². The lowest BCUT2D eigenvalue weighted by atomic mass is 10.1.